The van der Waals surface area contributed by atoms with Crippen LogP contribution in [0, 0.1) is 0 Å². The van der Waals surface area contributed by atoms with E-state index in [4.69, 9.17) is 13.7 Å². The second kappa shape index (κ2) is 7.56. The molecule has 6 rings (SSSR count). The summed E-state index contributed by atoms with van der Waals surface area (Å²) in [6.07, 6.45) is 1.81. The van der Waals surface area contributed by atoms with E-state index in [9.17, 15) is 0 Å². The number of nitrogens with zero attached hydrogens (tertiary/aromatic N) is 1. The number of furan rings is 1. The topological polar surface area (TPSA) is 44.5 Å². The number of hydrogen-bond donors (Lipinski definition) is 0. The number of pyridine rings is 1. The summed E-state index contributed by atoms with van der Waals surface area (Å²) < 4.78 is 19.2. The summed E-state index contributed by atoms with van der Waals surface area (Å²) in [6, 6.07) is 26.8. The van der Waals surface area contributed by atoms with Gasteiger partial charge in [-0.05, 0) is 68.6 Å². The molecule has 2 aromatic heterocycles. The number of hydrogen-bond acceptors (Lipinski definition) is 4. The molecule has 3 heterocycles. The fourth-order valence-electron chi connectivity index (χ4n) is 4.56. The second-order valence-electron chi connectivity index (χ2n) is 9.91. The molecular weight excluding hydrogens is 421 g/mol. The molecule has 168 valence electrons. The van der Waals surface area contributed by atoms with Gasteiger partial charge in [0.1, 0.15) is 11.2 Å². The molecule has 5 heteroatoms. The average molecular weight is 447 g/mol. The molecular formula is C29H26BNO3. The average Bonchev–Trinajstić information content (AvgIpc) is 3.31. The molecule has 4 nitrogen and oxygen atoms in total. The molecule has 1 fully saturated rings. The van der Waals surface area contributed by atoms with Crippen LogP contribution in [0.1, 0.15) is 27.7 Å². The monoisotopic (exact) mass is 447 g/mol. The minimum Gasteiger partial charge on any atom is -0.456 e. The molecule has 0 N–H and O–H groups in total. The van der Waals surface area contributed by atoms with E-state index in [0.29, 0.717) is 0 Å². The molecule has 34 heavy (non-hydrogen) atoms. The van der Waals surface area contributed by atoms with Crippen molar-refractivity contribution >= 4 is 34.5 Å². The highest BCUT2D eigenvalue weighted by Crippen LogP contribution is 2.39. The molecule has 0 aliphatic carbocycles. The van der Waals surface area contributed by atoms with E-state index < -0.39 is 18.3 Å². The lowest BCUT2D eigenvalue weighted by Gasteiger charge is -2.32. The first-order valence-corrected chi connectivity index (χ1v) is 11.7. The van der Waals surface area contributed by atoms with Crippen molar-refractivity contribution in [1.82, 2.24) is 4.98 Å². The van der Waals surface area contributed by atoms with Crippen LogP contribution in [0.15, 0.2) is 89.5 Å². The van der Waals surface area contributed by atoms with Gasteiger partial charge in [-0.2, -0.15) is 0 Å². The molecule has 0 radical (unpaired) electrons. The molecule has 5 aromatic rings. The molecule has 0 atom stereocenters. The third-order valence-electron chi connectivity index (χ3n) is 7.21. The van der Waals surface area contributed by atoms with Gasteiger partial charge in [-0.3, -0.25) is 4.98 Å². The second-order valence-corrected chi connectivity index (χ2v) is 9.91. The molecule has 0 amide bonds. The first-order chi connectivity index (χ1) is 16.3. The molecule has 0 spiro atoms. The summed E-state index contributed by atoms with van der Waals surface area (Å²) in [7, 11) is -0.478. The third-order valence-corrected chi connectivity index (χ3v) is 7.21. The van der Waals surface area contributed by atoms with Crippen LogP contribution >= 0.6 is 0 Å². The lowest BCUT2D eigenvalue weighted by Crippen LogP contribution is -2.41. The third kappa shape index (κ3) is 3.35. The first-order valence-electron chi connectivity index (χ1n) is 11.7. The maximum atomic E-state index is 6.48. The van der Waals surface area contributed by atoms with Crippen LogP contribution in [0.3, 0.4) is 0 Å². The molecule has 0 unspecified atom stereocenters. The SMILES string of the molecule is CC1(C)OB(c2cc3c(cc2-c2ccc(-c4ccccn4)cc2)oc2ccccc23)OC1(C)C. The highest BCUT2D eigenvalue weighted by atomic mass is 16.7. The van der Waals surface area contributed by atoms with Crippen molar-refractivity contribution < 1.29 is 13.7 Å². The Morgan fingerprint density at radius 1 is 0.676 bits per heavy atom. The summed E-state index contributed by atoms with van der Waals surface area (Å²) in [5.41, 5.74) is 6.02. The number of rotatable bonds is 3. The van der Waals surface area contributed by atoms with Crippen molar-refractivity contribution in [1.29, 1.82) is 0 Å². The highest BCUT2D eigenvalue weighted by molar-refractivity contribution is 6.64. The Morgan fingerprint density at radius 3 is 2.06 bits per heavy atom. The zero-order valence-corrected chi connectivity index (χ0v) is 19.8. The summed E-state index contributed by atoms with van der Waals surface area (Å²) in [5.74, 6) is 0. The lowest BCUT2D eigenvalue weighted by atomic mass is 9.73. The Hall–Kier alpha value is -3.41. The van der Waals surface area contributed by atoms with Crippen molar-refractivity contribution in [3.05, 3.63) is 85.1 Å². The Labute approximate surface area is 199 Å². The molecule has 0 bridgehead atoms. The Balaban J connectivity index is 1.52. The van der Waals surface area contributed by atoms with Gasteiger partial charge in [0, 0.05) is 22.5 Å². The summed E-state index contributed by atoms with van der Waals surface area (Å²) in [6.45, 7) is 8.33. The van der Waals surface area contributed by atoms with Crippen LogP contribution in [-0.2, 0) is 9.31 Å². The van der Waals surface area contributed by atoms with Crippen molar-refractivity contribution in [3.63, 3.8) is 0 Å². The van der Waals surface area contributed by atoms with Gasteiger partial charge in [0.15, 0.2) is 0 Å². The van der Waals surface area contributed by atoms with E-state index in [1.807, 2.05) is 42.6 Å². The van der Waals surface area contributed by atoms with Gasteiger partial charge in [-0.25, -0.2) is 0 Å². The zero-order chi connectivity index (χ0) is 23.5. The largest absolute Gasteiger partial charge is 0.495 e. The molecule has 1 aliphatic heterocycles. The first kappa shape index (κ1) is 21.1. The Morgan fingerprint density at radius 2 is 1.35 bits per heavy atom. The fourth-order valence-corrected chi connectivity index (χ4v) is 4.56. The van der Waals surface area contributed by atoms with Gasteiger partial charge in [0.25, 0.3) is 0 Å². The van der Waals surface area contributed by atoms with Gasteiger partial charge in [0.2, 0.25) is 0 Å². The predicted octanol–water partition coefficient (Wildman–Crippen LogP) is 6.61. The highest BCUT2D eigenvalue weighted by Gasteiger charge is 2.52. The van der Waals surface area contributed by atoms with E-state index in [-0.39, 0.29) is 0 Å². The van der Waals surface area contributed by atoms with Crippen molar-refractivity contribution in [2.45, 2.75) is 38.9 Å². The van der Waals surface area contributed by atoms with E-state index in [1.54, 1.807) is 0 Å². The van der Waals surface area contributed by atoms with E-state index >= 15 is 0 Å². The van der Waals surface area contributed by atoms with Crippen molar-refractivity contribution in [3.8, 4) is 22.4 Å². The van der Waals surface area contributed by atoms with E-state index in [1.165, 1.54) is 0 Å². The summed E-state index contributed by atoms with van der Waals surface area (Å²) >= 11 is 0. The quantitative estimate of drug-likeness (QED) is 0.292. The van der Waals surface area contributed by atoms with Gasteiger partial charge < -0.3 is 13.7 Å². The predicted molar refractivity (Wildman–Crippen MR) is 138 cm³/mol. The Kier molecular flexibility index (Phi) is 4.70. The van der Waals surface area contributed by atoms with Crippen LogP contribution in [0.5, 0.6) is 0 Å². The van der Waals surface area contributed by atoms with Gasteiger partial charge in [-0.1, -0.05) is 54.6 Å². The number of para-hydroxylation sites is 1. The van der Waals surface area contributed by atoms with E-state index in [2.05, 4.69) is 75.1 Å². The minimum absolute atomic E-state index is 0.425. The van der Waals surface area contributed by atoms with Gasteiger partial charge in [-0.15, -0.1) is 0 Å². The molecule has 0 saturated carbocycles. The van der Waals surface area contributed by atoms with Crippen LogP contribution in [0.4, 0.5) is 0 Å². The minimum atomic E-state index is -0.478. The van der Waals surface area contributed by atoms with Crippen LogP contribution < -0.4 is 5.46 Å². The van der Waals surface area contributed by atoms with Crippen LogP contribution in [-0.4, -0.2) is 23.3 Å². The van der Waals surface area contributed by atoms with E-state index in [0.717, 1.165) is 49.8 Å². The summed E-state index contributed by atoms with van der Waals surface area (Å²) in [5, 5.41) is 2.15. The van der Waals surface area contributed by atoms with Crippen LogP contribution in [0.25, 0.3) is 44.3 Å². The molecule has 1 saturated heterocycles. The maximum absolute atomic E-state index is 6.48. The fraction of sp³-hybridized carbons (Fsp3) is 0.207. The molecule has 3 aromatic carbocycles. The maximum Gasteiger partial charge on any atom is 0.495 e. The van der Waals surface area contributed by atoms with Gasteiger partial charge >= 0.3 is 7.12 Å². The smallest absolute Gasteiger partial charge is 0.456 e. The van der Waals surface area contributed by atoms with Gasteiger partial charge in [0.05, 0.1) is 16.9 Å². The molecule has 1 aliphatic rings. The standard InChI is InChI=1S/C29H26BNO3/c1-28(2)29(3,4)34-30(33-28)24-17-23-21-9-5-6-11-26(21)32-27(23)18-22(24)19-12-14-20(15-13-19)25-10-7-8-16-31-25/h5-18H,1-4H3. The van der Waals surface area contributed by atoms with Crippen molar-refractivity contribution in [2.24, 2.45) is 0 Å². The number of aromatic nitrogens is 1. The van der Waals surface area contributed by atoms with Crippen molar-refractivity contribution in [2.75, 3.05) is 0 Å². The number of benzene rings is 3. The number of fused-ring (bicyclic) bond motifs is 3. The lowest BCUT2D eigenvalue weighted by molar-refractivity contribution is 0.00578. The summed E-state index contributed by atoms with van der Waals surface area (Å²) in [4.78, 5) is 4.47. The normalized spacial score (nSPS) is 17.0. The zero-order valence-electron chi connectivity index (χ0n) is 19.8. The van der Waals surface area contributed by atoms with Crippen LogP contribution in [0.2, 0.25) is 0 Å². The Bertz CT molecular complexity index is 1490.